The van der Waals surface area contributed by atoms with Crippen LogP contribution in [0.3, 0.4) is 0 Å². The third kappa shape index (κ3) is 2.87. The summed E-state index contributed by atoms with van der Waals surface area (Å²) < 4.78 is 4.89. The van der Waals surface area contributed by atoms with Crippen molar-refractivity contribution in [1.29, 1.82) is 0 Å². The number of hydrogen-bond acceptors (Lipinski definition) is 3. The van der Waals surface area contributed by atoms with Gasteiger partial charge < -0.3 is 9.84 Å². The maximum Gasteiger partial charge on any atom is 0.311 e. The topological polar surface area (TPSA) is 46.5 Å². The molecular formula is C15H28O3. The second kappa shape index (κ2) is 6.05. The van der Waals surface area contributed by atoms with Crippen LogP contribution in [-0.2, 0) is 9.53 Å². The molecule has 0 aromatic rings. The third-order valence-corrected chi connectivity index (χ3v) is 4.59. The minimum Gasteiger partial charge on any atom is -0.469 e. The summed E-state index contributed by atoms with van der Waals surface area (Å²) in [5.74, 6) is 0.403. The van der Waals surface area contributed by atoms with Crippen LogP contribution >= 0.6 is 0 Å². The number of rotatable bonds is 4. The zero-order valence-corrected chi connectivity index (χ0v) is 12.4. The number of aliphatic hydroxyl groups is 1. The van der Waals surface area contributed by atoms with Crippen molar-refractivity contribution in [2.24, 2.45) is 23.7 Å². The average Bonchev–Trinajstić information content (AvgIpc) is 2.28. The van der Waals surface area contributed by atoms with E-state index in [4.69, 9.17) is 4.74 Å². The highest BCUT2D eigenvalue weighted by atomic mass is 16.5. The number of methoxy groups -OCH3 is 1. The van der Waals surface area contributed by atoms with Crippen LogP contribution in [0, 0.1) is 23.7 Å². The summed E-state index contributed by atoms with van der Waals surface area (Å²) >= 11 is 0. The first-order chi connectivity index (χ1) is 8.36. The molecule has 3 nitrogen and oxygen atoms in total. The molecule has 0 radical (unpaired) electrons. The van der Waals surface area contributed by atoms with Crippen LogP contribution in [0.4, 0.5) is 0 Å². The Morgan fingerprint density at radius 3 is 2.50 bits per heavy atom. The standard InChI is InChI=1S/C15H28O3/c1-6-12(14(16)18-5)15(17)9-11(4)7-8-13(15)10(2)3/h10-13,17H,6-9H2,1-5H3. The summed E-state index contributed by atoms with van der Waals surface area (Å²) in [5, 5.41) is 11.1. The van der Waals surface area contributed by atoms with E-state index in [1.54, 1.807) is 0 Å². The molecule has 1 aliphatic rings. The lowest BCUT2D eigenvalue weighted by atomic mass is 9.61. The lowest BCUT2D eigenvalue weighted by Crippen LogP contribution is -2.53. The Bertz CT molecular complexity index is 287. The molecule has 18 heavy (non-hydrogen) atoms. The number of hydrogen-bond donors (Lipinski definition) is 1. The lowest BCUT2D eigenvalue weighted by molar-refractivity contribution is -0.171. The molecule has 1 saturated carbocycles. The van der Waals surface area contributed by atoms with Gasteiger partial charge in [-0.3, -0.25) is 4.79 Å². The Morgan fingerprint density at radius 1 is 1.44 bits per heavy atom. The molecule has 4 unspecified atom stereocenters. The Hall–Kier alpha value is -0.570. The fourth-order valence-corrected chi connectivity index (χ4v) is 3.70. The van der Waals surface area contributed by atoms with E-state index in [9.17, 15) is 9.90 Å². The fourth-order valence-electron chi connectivity index (χ4n) is 3.70. The van der Waals surface area contributed by atoms with Gasteiger partial charge in [0.25, 0.3) is 0 Å². The Balaban J connectivity index is 3.04. The highest BCUT2D eigenvalue weighted by Gasteiger charge is 2.50. The average molecular weight is 256 g/mol. The van der Waals surface area contributed by atoms with Crippen molar-refractivity contribution in [2.75, 3.05) is 7.11 Å². The maximum absolute atomic E-state index is 11.9. The van der Waals surface area contributed by atoms with Gasteiger partial charge in [0, 0.05) is 0 Å². The predicted molar refractivity (Wildman–Crippen MR) is 72.1 cm³/mol. The summed E-state index contributed by atoms with van der Waals surface area (Å²) in [4.78, 5) is 11.9. The van der Waals surface area contributed by atoms with Gasteiger partial charge in [-0.1, -0.05) is 34.1 Å². The van der Waals surface area contributed by atoms with Gasteiger partial charge in [0.2, 0.25) is 0 Å². The Labute approximate surface area is 111 Å². The third-order valence-electron chi connectivity index (χ3n) is 4.59. The first-order valence-electron chi connectivity index (χ1n) is 7.17. The minimum atomic E-state index is -0.895. The van der Waals surface area contributed by atoms with Gasteiger partial charge in [-0.25, -0.2) is 0 Å². The second-order valence-electron chi connectivity index (χ2n) is 6.21. The number of esters is 1. The van der Waals surface area contributed by atoms with Gasteiger partial charge in [0.05, 0.1) is 18.6 Å². The Morgan fingerprint density at radius 2 is 2.06 bits per heavy atom. The van der Waals surface area contributed by atoms with E-state index in [2.05, 4.69) is 20.8 Å². The molecule has 0 heterocycles. The zero-order valence-electron chi connectivity index (χ0n) is 12.4. The highest BCUT2D eigenvalue weighted by Crippen LogP contribution is 2.46. The van der Waals surface area contributed by atoms with Crippen molar-refractivity contribution in [3.63, 3.8) is 0 Å². The number of carbonyl (C=O) groups excluding carboxylic acids is 1. The molecule has 0 bridgehead atoms. The minimum absolute atomic E-state index is 0.192. The smallest absolute Gasteiger partial charge is 0.311 e. The van der Waals surface area contributed by atoms with E-state index < -0.39 is 11.5 Å². The van der Waals surface area contributed by atoms with E-state index in [1.165, 1.54) is 7.11 Å². The second-order valence-corrected chi connectivity index (χ2v) is 6.21. The summed E-state index contributed by atoms with van der Waals surface area (Å²) in [7, 11) is 1.41. The molecule has 0 aliphatic heterocycles. The van der Waals surface area contributed by atoms with Gasteiger partial charge in [0.15, 0.2) is 0 Å². The molecule has 0 aromatic carbocycles. The summed E-state index contributed by atoms with van der Waals surface area (Å²) in [6, 6.07) is 0. The molecule has 1 aliphatic carbocycles. The van der Waals surface area contributed by atoms with Crippen molar-refractivity contribution in [3.05, 3.63) is 0 Å². The molecule has 106 valence electrons. The molecule has 3 heteroatoms. The monoisotopic (exact) mass is 256 g/mol. The van der Waals surface area contributed by atoms with E-state index in [0.717, 1.165) is 12.8 Å². The van der Waals surface area contributed by atoms with Gasteiger partial charge in [-0.05, 0) is 37.0 Å². The van der Waals surface area contributed by atoms with Crippen LogP contribution in [0.15, 0.2) is 0 Å². The van der Waals surface area contributed by atoms with E-state index >= 15 is 0 Å². The predicted octanol–water partition coefficient (Wildman–Crippen LogP) is 3.01. The van der Waals surface area contributed by atoms with Crippen LogP contribution in [-0.4, -0.2) is 23.8 Å². The molecule has 0 saturated heterocycles. The van der Waals surface area contributed by atoms with Crippen molar-refractivity contribution in [3.8, 4) is 0 Å². The fraction of sp³-hybridized carbons (Fsp3) is 0.933. The van der Waals surface area contributed by atoms with Gasteiger partial charge in [-0.2, -0.15) is 0 Å². The van der Waals surface area contributed by atoms with Gasteiger partial charge >= 0.3 is 5.97 Å². The summed E-state index contributed by atoms with van der Waals surface area (Å²) in [5.41, 5.74) is -0.895. The van der Waals surface area contributed by atoms with Crippen molar-refractivity contribution in [1.82, 2.24) is 0 Å². The normalized spacial score (nSPS) is 34.4. The largest absolute Gasteiger partial charge is 0.469 e. The number of ether oxygens (including phenoxy) is 1. The Kier molecular flexibility index (Phi) is 5.20. The SMILES string of the molecule is CCC(C(=O)OC)C1(O)CC(C)CCC1C(C)C. The molecule has 0 spiro atoms. The van der Waals surface area contributed by atoms with Crippen molar-refractivity contribution < 1.29 is 14.6 Å². The number of carbonyl (C=O) groups is 1. The van der Waals surface area contributed by atoms with E-state index in [-0.39, 0.29) is 11.9 Å². The summed E-state index contributed by atoms with van der Waals surface area (Å²) in [6.07, 6.45) is 3.49. The molecule has 1 fully saturated rings. The van der Waals surface area contributed by atoms with Crippen molar-refractivity contribution in [2.45, 2.75) is 59.0 Å². The molecular weight excluding hydrogens is 228 g/mol. The van der Waals surface area contributed by atoms with Gasteiger partial charge in [0.1, 0.15) is 0 Å². The van der Waals surface area contributed by atoms with Crippen LogP contribution in [0.25, 0.3) is 0 Å². The van der Waals surface area contributed by atoms with Crippen molar-refractivity contribution >= 4 is 5.97 Å². The van der Waals surface area contributed by atoms with E-state index in [1.807, 2.05) is 6.92 Å². The molecule has 1 rings (SSSR count). The molecule has 4 atom stereocenters. The molecule has 0 aromatic heterocycles. The van der Waals surface area contributed by atoms with Gasteiger partial charge in [-0.15, -0.1) is 0 Å². The first kappa shape index (κ1) is 15.5. The van der Waals surface area contributed by atoms with E-state index in [0.29, 0.717) is 24.7 Å². The van der Waals surface area contributed by atoms with Crippen LogP contribution in [0.5, 0.6) is 0 Å². The first-order valence-corrected chi connectivity index (χ1v) is 7.17. The molecule has 0 amide bonds. The quantitative estimate of drug-likeness (QED) is 0.786. The zero-order chi connectivity index (χ0) is 13.9. The van der Waals surface area contributed by atoms with Crippen LogP contribution in [0.2, 0.25) is 0 Å². The lowest BCUT2D eigenvalue weighted by Gasteiger charge is -2.48. The highest BCUT2D eigenvalue weighted by molar-refractivity contribution is 5.73. The molecule has 1 N–H and O–H groups in total. The summed E-state index contributed by atoms with van der Waals surface area (Å²) in [6.45, 7) is 8.38. The van der Waals surface area contributed by atoms with Crippen LogP contribution in [0.1, 0.15) is 53.4 Å². The maximum atomic E-state index is 11.9. The van der Waals surface area contributed by atoms with Crippen LogP contribution < -0.4 is 0 Å².